The van der Waals surface area contributed by atoms with Crippen molar-refractivity contribution in [3.05, 3.63) is 30.1 Å². The number of halogens is 1. The highest BCUT2D eigenvalue weighted by molar-refractivity contribution is 5.66. The summed E-state index contributed by atoms with van der Waals surface area (Å²) >= 11 is 0. The monoisotopic (exact) mass is 278 g/mol. The summed E-state index contributed by atoms with van der Waals surface area (Å²) in [6.45, 7) is 7.05. The van der Waals surface area contributed by atoms with Crippen LogP contribution >= 0.6 is 0 Å². The number of anilines is 1. The quantitative estimate of drug-likeness (QED) is 0.859. The van der Waals surface area contributed by atoms with Crippen LogP contribution in [0.1, 0.15) is 13.8 Å². The molecular weight excluding hydrogens is 259 g/mol. The molecule has 0 aromatic heterocycles. The van der Waals surface area contributed by atoms with E-state index in [0.29, 0.717) is 13.1 Å². The summed E-state index contributed by atoms with van der Waals surface area (Å²) in [4.78, 5) is 14.9. The van der Waals surface area contributed by atoms with Crippen molar-refractivity contribution in [1.29, 1.82) is 0 Å². The van der Waals surface area contributed by atoms with Crippen molar-refractivity contribution in [2.24, 2.45) is 10.8 Å². The Labute approximate surface area is 117 Å². The van der Waals surface area contributed by atoms with Gasteiger partial charge in [-0.25, -0.2) is 9.18 Å². The summed E-state index contributed by atoms with van der Waals surface area (Å²) < 4.78 is 13.0. The van der Waals surface area contributed by atoms with Crippen LogP contribution in [0.15, 0.2) is 24.3 Å². The highest BCUT2D eigenvalue weighted by atomic mass is 19.1. The summed E-state index contributed by atoms with van der Waals surface area (Å²) in [5.41, 5.74) is 0.893. The van der Waals surface area contributed by atoms with Gasteiger partial charge in [0.15, 0.2) is 0 Å². The largest absolute Gasteiger partial charge is 0.465 e. The van der Waals surface area contributed by atoms with Gasteiger partial charge in [-0.3, -0.25) is 0 Å². The van der Waals surface area contributed by atoms with Crippen LogP contribution in [0.3, 0.4) is 0 Å². The summed E-state index contributed by atoms with van der Waals surface area (Å²) in [5, 5.41) is 9.18. The fraction of sp³-hybridized carbons (Fsp3) is 0.533. The lowest BCUT2D eigenvalue weighted by Gasteiger charge is -2.29. The Morgan fingerprint density at radius 1 is 1.10 bits per heavy atom. The Hall–Kier alpha value is -1.78. The fourth-order valence-electron chi connectivity index (χ4n) is 3.63. The van der Waals surface area contributed by atoms with Gasteiger partial charge in [-0.2, -0.15) is 0 Å². The van der Waals surface area contributed by atoms with Crippen LogP contribution < -0.4 is 4.90 Å². The van der Waals surface area contributed by atoms with Crippen molar-refractivity contribution in [2.45, 2.75) is 13.8 Å². The van der Waals surface area contributed by atoms with E-state index in [1.165, 1.54) is 17.0 Å². The molecule has 0 radical (unpaired) electrons. The molecule has 2 heterocycles. The van der Waals surface area contributed by atoms with Gasteiger partial charge >= 0.3 is 6.09 Å². The first-order valence-electron chi connectivity index (χ1n) is 6.81. The van der Waals surface area contributed by atoms with Crippen LogP contribution in [-0.2, 0) is 0 Å². The van der Waals surface area contributed by atoms with Crippen LogP contribution in [0.5, 0.6) is 0 Å². The molecule has 0 spiro atoms. The van der Waals surface area contributed by atoms with Gasteiger partial charge in [0, 0.05) is 42.7 Å². The Kier molecular flexibility index (Phi) is 2.71. The lowest BCUT2D eigenvalue weighted by atomic mass is 9.71. The van der Waals surface area contributed by atoms with E-state index < -0.39 is 6.09 Å². The summed E-state index contributed by atoms with van der Waals surface area (Å²) in [6, 6.07) is 6.52. The second-order valence-corrected chi connectivity index (χ2v) is 6.59. The maximum absolute atomic E-state index is 13.0. The standard InChI is InChI=1S/C15H19FN2O2/c1-14-7-17(12-5-3-11(16)4-6-12)8-15(14,2)10-18(9-14)13(19)20/h3-6H,7-10H2,1-2H3,(H,19,20)/t14-,15+. The van der Waals surface area contributed by atoms with Crippen molar-refractivity contribution < 1.29 is 14.3 Å². The molecule has 20 heavy (non-hydrogen) atoms. The number of likely N-dealkylation sites (tertiary alicyclic amines) is 1. The van der Waals surface area contributed by atoms with E-state index >= 15 is 0 Å². The molecule has 1 amide bonds. The van der Waals surface area contributed by atoms with Gasteiger partial charge in [0.2, 0.25) is 0 Å². The lowest BCUT2D eigenvalue weighted by molar-refractivity contribution is 0.149. The molecule has 4 nitrogen and oxygen atoms in total. The first-order valence-corrected chi connectivity index (χ1v) is 6.81. The molecule has 2 aliphatic rings. The Balaban J connectivity index is 1.83. The molecule has 1 aromatic rings. The van der Waals surface area contributed by atoms with E-state index in [9.17, 15) is 14.3 Å². The number of hydrogen-bond donors (Lipinski definition) is 1. The zero-order valence-corrected chi connectivity index (χ0v) is 11.8. The third kappa shape index (κ3) is 1.84. The van der Waals surface area contributed by atoms with E-state index in [1.54, 1.807) is 12.1 Å². The minimum Gasteiger partial charge on any atom is -0.465 e. The average molecular weight is 278 g/mol. The highest BCUT2D eigenvalue weighted by Crippen LogP contribution is 2.52. The minimum absolute atomic E-state index is 0.0558. The zero-order chi connectivity index (χ0) is 14.5. The average Bonchev–Trinajstić information content (AvgIpc) is 2.75. The van der Waals surface area contributed by atoms with Gasteiger partial charge in [0.1, 0.15) is 5.82 Å². The molecule has 1 aromatic carbocycles. The highest BCUT2D eigenvalue weighted by Gasteiger charge is 2.58. The van der Waals surface area contributed by atoms with Gasteiger partial charge in [-0.05, 0) is 24.3 Å². The maximum atomic E-state index is 13.0. The third-order valence-electron chi connectivity index (χ3n) is 5.08. The number of hydrogen-bond acceptors (Lipinski definition) is 2. The fourth-order valence-corrected chi connectivity index (χ4v) is 3.63. The van der Waals surface area contributed by atoms with Crippen LogP contribution in [0.4, 0.5) is 14.9 Å². The predicted molar refractivity (Wildman–Crippen MR) is 74.4 cm³/mol. The number of carboxylic acid groups (broad SMARTS) is 1. The molecule has 108 valence electrons. The second kappa shape index (κ2) is 4.11. The number of amides is 1. The number of fused-ring (bicyclic) bond motifs is 1. The lowest BCUT2D eigenvalue weighted by Crippen LogP contribution is -2.34. The SMILES string of the molecule is C[C@@]12CN(C(=O)O)C[C@]1(C)CN(c1ccc(F)cc1)C2. The molecule has 2 aliphatic heterocycles. The van der Waals surface area contributed by atoms with E-state index in [0.717, 1.165) is 18.8 Å². The summed E-state index contributed by atoms with van der Waals surface area (Å²) in [5.74, 6) is -0.234. The summed E-state index contributed by atoms with van der Waals surface area (Å²) in [6.07, 6.45) is -0.838. The van der Waals surface area contributed by atoms with E-state index in [2.05, 4.69) is 18.7 Å². The normalized spacial score (nSPS) is 32.5. The molecule has 0 saturated carbocycles. The predicted octanol–water partition coefficient (Wildman–Crippen LogP) is 2.65. The number of rotatable bonds is 1. The first-order chi connectivity index (χ1) is 9.33. The number of benzene rings is 1. The molecule has 5 heteroatoms. The molecule has 0 bridgehead atoms. The van der Waals surface area contributed by atoms with Crippen molar-refractivity contribution in [3.8, 4) is 0 Å². The topological polar surface area (TPSA) is 43.8 Å². The van der Waals surface area contributed by atoms with Crippen LogP contribution in [0.25, 0.3) is 0 Å². The first kappa shape index (κ1) is 13.2. The molecular formula is C15H19FN2O2. The summed E-state index contributed by atoms with van der Waals surface area (Å²) in [7, 11) is 0. The van der Waals surface area contributed by atoms with Crippen molar-refractivity contribution in [2.75, 3.05) is 31.1 Å². The molecule has 2 atom stereocenters. The van der Waals surface area contributed by atoms with Gasteiger partial charge in [0.05, 0.1) is 0 Å². The van der Waals surface area contributed by atoms with Crippen molar-refractivity contribution in [1.82, 2.24) is 4.90 Å². The van der Waals surface area contributed by atoms with E-state index in [1.807, 2.05) is 0 Å². The van der Waals surface area contributed by atoms with Gasteiger partial charge < -0.3 is 14.9 Å². The van der Waals surface area contributed by atoms with E-state index in [4.69, 9.17) is 0 Å². The molecule has 0 aliphatic carbocycles. The Morgan fingerprint density at radius 2 is 1.60 bits per heavy atom. The molecule has 2 fully saturated rings. The smallest absolute Gasteiger partial charge is 0.407 e. The molecule has 0 unspecified atom stereocenters. The van der Waals surface area contributed by atoms with Gasteiger partial charge in [-0.15, -0.1) is 0 Å². The van der Waals surface area contributed by atoms with Crippen LogP contribution in [0.2, 0.25) is 0 Å². The Bertz CT molecular complexity index is 527. The van der Waals surface area contributed by atoms with Crippen molar-refractivity contribution in [3.63, 3.8) is 0 Å². The third-order valence-corrected chi connectivity index (χ3v) is 5.08. The van der Waals surface area contributed by atoms with Crippen molar-refractivity contribution >= 4 is 11.8 Å². The van der Waals surface area contributed by atoms with Crippen LogP contribution in [0, 0.1) is 16.6 Å². The second-order valence-electron chi connectivity index (χ2n) is 6.59. The molecule has 1 N–H and O–H groups in total. The zero-order valence-electron chi connectivity index (χ0n) is 11.8. The van der Waals surface area contributed by atoms with Gasteiger partial charge in [0.25, 0.3) is 0 Å². The molecule has 3 rings (SSSR count). The number of nitrogens with zero attached hydrogens (tertiary/aromatic N) is 2. The number of carbonyl (C=O) groups is 1. The minimum atomic E-state index is -0.838. The van der Waals surface area contributed by atoms with E-state index in [-0.39, 0.29) is 16.6 Å². The maximum Gasteiger partial charge on any atom is 0.407 e. The van der Waals surface area contributed by atoms with Crippen LogP contribution in [-0.4, -0.2) is 42.3 Å². The molecule has 2 saturated heterocycles. The van der Waals surface area contributed by atoms with Gasteiger partial charge in [-0.1, -0.05) is 13.8 Å². The Morgan fingerprint density at radius 3 is 2.05 bits per heavy atom.